The topological polar surface area (TPSA) is 140 Å². The number of carbonyl (C=O) groups is 3. The summed E-state index contributed by atoms with van der Waals surface area (Å²) < 4.78 is 34.8. The summed E-state index contributed by atoms with van der Waals surface area (Å²) in [6, 6.07) is 13.0. The number of aromatic nitrogens is 1. The minimum absolute atomic E-state index is 0.0402. The van der Waals surface area contributed by atoms with Crippen molar-refractivity contribution in [3.8, 4) is 11.3 Å². The van der Waals surface area contributed by atoms with Crippen molar-refractivity contribution in [2.24, 2.45) is 0 Å². The number of piperazine rings is 1. The lowest BCUT2D eigenvalue weighted by molar-refractivity contribution is -0.133. The molecule has 2 aromatic rings. The summed E-state index contributed by atoms with van der Waals surface area (Å²) in [4.78, 5) is 49.6. The summed E-state index contributed by atoms with van der Waals surface area (Å²) in [5.41, 5.74) is 2.19. The number of pyridine rings is 1. The highest BCUT2D eigenvalue weighted by Gasteiger charge is 2.44. The van der Waals surface area contributed by atoms with Crippen LogP contribution in [0, 0.1) is 0 Å². The predicted molar refractivity (Wildman–Crippen MR) is 165 cm³/mol. The molecule has 2 aliphatic heterocycles. The van der Waals surface area contributed by atoms with E-state index < -0.39 is 31.3 Å². The van der Waals surface area contributed by atoms with Crippen molar-refractivity contribution in [1.29, 1.82) is 0 Å². The summed E-state index contributed by atoms with van der Waals surface area (Å²) in [6.07, 6.45) is 2.14. The minimum Gasteiger partial charge on any atom is -0.449 e. The second-order valence-electron chi connectivity index (χ2n) is 10.6. The standard InChI is InChI=1S/C30H42N5O8P/c1-5-6-18-43-30(38)34-16-14-33(15-17-34)29(37)28(44(39,41-3)42-4)32-27(36)26-20-23(35-13-12-24(21-35)40-2)19-25(31-26)22-10-8-7-9-11-22/h7-11,19-20,24,28H,5-6,12-18,21H2,1-4H3,(H,32,36). The Morgan fingerprint density at radius 3 is 2.30 bits per heavy atom. The molecule has 3 amide bonds. The third-order valence-electron chi connectivity index (χ3n) is 7.86. The quantitative estimate of drug-likeness (QED) is 0.273. The van der Waals surface area contributed by atoms with Crippen molar-refractivity contribution in [3.05, 3.63) is 48.2 Å². The maximum Gasteiger partial charge on any atom is 0.409 e. The van der Waals surface area contributed by atoms with Crippen molar-refractivity contribution < 1.29 is 37.5 Å². The lowest BCUT2D eigenvalue weighted by Crippen LogP contribution is -2.56. The molecule has 2 atom stereocenters. The Morgan fingerprint density at radius 2 is 1.68 bits per heavy atom. The van der Waals surface area contributed by atoms with E-state index in [-0.39, 0.29) is 38.0 Å². The van der Waals surface area contributed by atoms with Gasteiger partial charge >= 0.3 is 13.7 Å². The highest BCUT2D eigenvalue weighted by atomic mass is 31.2. The summed E-state index contributed by atoms with van der Waals surface area (Å²) in [5.74, 6) is -2.99. The molecule has 14 heteroatoms. The summed E-state index contributed by atoms with van der Waals surface area (Å²) >= 11 is 0. The number of anilines is 1. The van der Waals surface area contributed by atoms with Crippen LogP contribution in [0.2, 0.25) is 0 Å². The van der Waals surface area contributed by atoms with Gasteiger partial charge in [-0.05, 0) is 25.0 Å². The monoisotopic (exact) mass is 631 g/mol. The molecule has 0 spiro atoms. The van der Waals surface area contributed by atoms with Crippen molar-refractivity contribution in [1.82, 2.24) is 20.1 Å². The molecule has 1 aromatic heterocycles. The number of hydrogen-bond donors (Lipinski definition) is 1. The third kappa shape index (κ3) is 7.95. The van der Waals surface area contributed by atoms with Crippen molar-refractivity contribution >= 4 is 31.2 Å². The summed E-state index contributed by atoms with van der Waals surface area (Å²) in [6.45, 7) is 4.49. The van der Waals surface area contributed by atoms with Crippen LogP contribution in [0.15, 0.2) is 42.5 Å². The first kappa shape index (κ1) is 33.4. The Morgan fingerprint density at radius 1 is 1.00 bits per heavy atom. The Kier molecular flexibility index (Phi) is 11.7. The van der Waals surface area contributed by atoms with Crippen LogP contribution in [0.3, 0.4) is 0 Å². The molecule has 0 aliphatic carbocycles. The third-order valence-corrected chi connectivity index (χ3v) is 9.86. The van der Waals surface area contributed by atoms with Crippen LogP contribution in [0.1, 0.15) is 36.7 Å². The van der Waals surface area contributed by atoms with Gasteiger partial charge in [-0.2, -0.15) is 0 Å². The first-order valence-electron chi connectivity index (χ1n) is 14.8. The number of unbranched alkanes of at least 4 members (excludes halogenated alkanes) is 1. The van der Waals surface area contributed by atoms with Gasteiger partial charge in [0.15, 0.2) is 0 Å². The van der Waals surface area contributed by atoms with E-state index in [0.717, 1.165) is 51.3 Å². The highest BCUT2D eigenvalue weighted by Crippen LogP contribution is 2.51. The van der Waals surface area contributed by atoms with E-state index in [0.29, 0.717) is 18.8 Å². The van der Waals surface area contributed by atoms with E-state index in [1.165, 1.54) is 9.80 Å². The fraction of sp³-hybridized carbons (Fsp3) is 0.533. The van der Waals surface area contributed by atoms with Crippen LogP contribution in [-0.2, 0) is 27.9 Å². The number of ether oxygens (including phenoxy) is 2. The number of methoxy groups -OCH3 is 1. The van der Waals surface area contributed by atoms with E-state index in [2.05, 4.69) is 15.2 Å². The normalized spacial score (nSPS) is 17.8. The zero-order valence-corrected chi connectivity index (χ0v) is 26.7. The molecule has 3 heterocycles. The van der Waals surface area contributed by atoms with Crippen LogP contribution in [0.4, 0.5) is 10.5 Å². The van der Waals surface area contributed by atoms with E-state index in [1.807, 2.05) is 43.3 Å². The molecule has 240 valence electrons. The number of nitrogens with one attached hydrogen (secondary N) is 1. The van der Waals surface area contributed by atoms with Gasteiger partial charge < -0.3 is 38.5 Å². The first-order chi connectivity index (χ1) is 21.2. The van der Waals surface area contributed by atoms with E-state index in [4.69, 9.17) is 18.5 Å². The second-order valence-corrected chi connectivity index (χ2v) is 12.9. The average Bonchev–Trinajstić information content (AvgIpc) is 3.56. The number of hydrogen-bond acceptors (Lipinski definition) is 10. The Hall–Kier alpha value is -3.51. The van der Waals surface area contributed by atoms with Gasteiger partial charge in [0.05, 0.1) is 18.4 Å². The van der Waals surface area contributed by atoms with Gasteiger partial charge in [-0.15, -0.1) is 0 Å². The smallest absolute Gasteiger partial charge is 0.409 e. The largest absolute Gasteiger partial charge is 0.449 e. The lowest BCUT2D eigenvalue weighted by Gasteiger charge is -2.36. The van der Waals surface area contributed by atoms with Crippen LogP contribution >= 0.6 is 7.60 Å². The first-order valence-corrected chi connectivity index (χ1v) is 16.4. The number of carbonyl (C=O) groups excluding carboxylic acids is 3. The van der Waals surface area contributed by atoms with E-state index in [1.54, 1.807) is 13.2 Å². The molecule has 44 heavy (non-hydrogen) atoms. The van der Waals surface area contributed by atoms with E-state index in [9.17, 15) is 18.9 Å². The average molecular weight is 632 g/mol. The SMILES string of the molecule is CCCCOC(=O)N1CCN(C(=O)C(NC(=O)c2cc(N3CCC(OC)C3)cc(-c3ccccc3)n2)P(=O)(OC)OC)CC1. The van der Waals surface area contributed by atoms with Crippen LogP contribution < -0.4 is 10.2 Å². The Labute approximate surface area is 258 Å². The lowest BCUT2D eigenvalue weighted by atomic mass is 10.1. The molecule has 2 unspecified atom stereocenters. The Bertz CT molecular complexity index is 1330. The fourth-order valence-corrected chi connectivity index (χ4v) is 6.44. The van der Waals surface area contributed by atoms with Crippen molar-refractivity contribution in [2.45, 2.75) is 38.1 Å². The fourth-order valence-electron chi connectivity index (χ4n) is 5.16. The number of amides is 3. The van der Waals surface area contributed by atoms with Crippen LogP contribution in [-0.4, -0.2) is 112 Å². The molecule has 13 nitrogen and oxygen atoms in total. The highest BCUT2D eigenvalue weighted by molar-refractivity contribution is 7.55. The number of nitrogens with zero attached hydrogens (tertiary/aromatic N) is 4. The number of benzene rings is 1. The van der Waals surface area contributed by atoms with Gasteiger partial charge in [0.2, 0.25) is 5.78 Å². The molecule has 0 bridgehead atoms. The molecule has 1 N–H and O–H groups in total. The van der Waals surface area contributed by atoms with E-state index >= 15 is 0 Å². The van der Waals surface area contributed by atoms with Gasteiger partial charge in [0, 0.05) is 71.8 Å². The molecule has 0 saturated carbocycles. The predicted octanol–water partition coefficient (Wildman–Crippen LogP) is 3.60. The molecule has 2 fully saturated rings. The van der Waals surface area contributed by atoms with Crippen molar-refractivity contribution in [3.63, 3.8) is 0 Å². The molecule has 2 saturated heterocycles. The summed E-state index contributed by atoms with van der Waals surface area (Å²) in [5, 5.41) is 2.60. The van der Waals surface area contributed by atoms with Gasteiger partial charge in [-0.25, -0.2) is 9.78 Å². The molecule has 1 aromatic carbocycles. The maximum atomic E-state index is 13.8. The van der Waals surface area contributed by atoms with Gasteiger partial charge in [-0.3, -0.25) is 14.2 Å². The minimum atomic E-state index is -4.14. The zero-order chi connectivity index (χ0) is 31.7. The van der Waals surface area contributed by atoms with Crippen LogP contribution in [0.25, 0.3) is 11.3 Å². The van der Waals surface area contributed by atoms with Gasteiger partial charge in [-0.1, -0.05) is 43.7 Å². The molecule has 0 radical (unpaired) electrons. The maximum absolute atomic E-state index is 13.8. The second kappa shape index (κ2) is 15.5. The molecule has 2 aliphatic rings. The molecular formula is C30H42N5O8P. The Balaban J connectivity index is 1.56. The zero-order valence-electron chi connectivity index (χ0n) is 25.8. The van der Waals surface area contributed by atoms with Gasteiger partial charge in [0.25, 0.3) is 11.8 Å². The number of rotatable bonds is 12. The molecule has 4 rings (SSSR count). The van der Waals surface area contributed by atoms with Gasteiger partial charge in [0.1, 0.15) is 5.69 Å². The summed E-state index contributed by atoms with van der Waals surface area (Å²) in [7, 11) is -0.144. The molecular weight excluding hydrogens is 589 g/mol. The van der Waals surface area contributed by atoms with Crippen LogP contribution in [0.5, 0.6) is 0 Å². The van der Waals surface area contributed by atoms with Crippen molar-refractivity contribution in [2.75, 3.05) is 72.1 Å².